The van der Waals surface area contributed by atoms with Gasteiger partial charge in [-0.25, -0.2) is 18.9 Å². The molecule has 4 aromatic rings. The molecule has 10 nitrogen and oxygen atoms in total. The number of fused-ring (bicyclic) bond motifs is 1. The summed E-state index contributed by atoms with van der Waals surface area (Å²) in [5, 5.41) is 10.6. The fourth-order valence-electron chi connectivity index (χ4n) is 4.23. The lowest BCUT2D eigenvalue weighted by Crippen LogP contribution is -2.29. The number of pyridine rings is 1. The molecule has 1 atom stereocenters. The van der Waals surface area contributed by atoms with Gasteiger partial charge in [-0.3, -0.25) is 4.79 Å². The van der Waals surface area contributed by atoms with Crippen LogP contribution in [0.4, 0.5) is 4.39 Å². The minimum Gasteiger partial charge on any atom is -0.494 e. The van der Waals surface area contributed by atoms with Crippen LogP contribution < -0.4 is 10.1 Å². The first-order valence-electron chi connectivity index (χ1n) is 11.5. The van der Waals surface area contributed by atoms with E-state index in [1.165, 1.54) is 55.6 Å². The molecule has 3 heterocycles. The fraction of sp³-hybridized carbons (Fsp3) is 0.320. The van der Waals surface area contributed by atoms with E-state index in [1.807, 2.05) is 16.7 Å². The van der Waals surface area contributed by atoms with E-state index in [2.05, 4.69) is 32.9 Å². The van der Waals surface area contributed by atoms with Crippen LogP contribution in [0.3, 0.4) is 0 Å². The summed E-state index contributed by atoms with van der Waals surface area (Å²) < 4.78 is 28.3. The number of carbonyl (C=O) groups excluding carboxylic acids is 2. The number of rotatable bonds is 8. The molecule has 0 radical (unpaired) electrons. The van der Waals surface area contributed by atoms with Crippen LogP contribution in [0.2, 0.25) is 0 Å². The number of hydrogen-bond donors (Lipinski definition) is 1. The van der Waals surface area contributed by atoms with Crippen molar-refractivity contribution in [2.45, 2.75) is 38.3 Å². The maximum Gasteiger partial charge on any atom is 0.338 e. The van der Waals surface area contributed by atoms with Crippen LogP contribution >= 0.6 is 0 Å². The molecular weight excluding hydrogens is 467 g/mol. The van der Waals surface area contributed by atoms with Gasteiger partial charge in [-0.2, -0.15) is 0 Å². The van der Waals surface area contributed by atoms with Crippen LogP contribution in [0.15, 0.2) is 42.9 Å². The highest BCUT2D eigenvalue weighted by Crippen LogP contribution is 2.39. The Bertz CT molecular complexity index is 1460. The van der Waals surface area contributed by atoms with Crippen LogP contribution in [0.5, 0.6) is 5.75 Å². The average molecular weight is 493 g/mol. The summed E-state index contributed by atoms with van der Waals surface area (Å²) in [5.41, 5.74) is 2.91. The summed E-state index contributed by atoms with van der Waals surface area (Å²) in [4.78, 5) is 29.6. The van der Waals surface area contributed by atoms with Gasteiger partial charge in [-0.05, 0) is 49.4 Å². The number of ether oxygens (including phenoxy) is 2. The highest BCUT2D eigenvalue weighted by Gasteiger charge is 2.26. The summed E-state index contributed by atoms with van der Waals surface area (Å²) in [6, 6.07) is 5.95. The van der Waals surface area contributed by atoms with E-state index in [-0.39, 0.29) is 22.6 Å². The third kappa shape index (κ3) is 4.51. The summed E-state index contributed by atoms with van der Waals surface area (Å²) in [5.74, 6) is -1.46. The van der Waals surface area contributed by atoms with Crippen LogP contribution in [0, 0.1) is 5.82 Å². The van der Waals surface area contributed by atoms with Crippen LogP contribution in [0.1, 0.15) is 69.4 Å². The molecule has 5 rings (SSSR count). The van der Waals surface area contributed by atoms with E-state index in [1.54, 1.807) is 6.92 Å². The van der Waals surface area contributed by atoms with Gasteiger partial charge < -0.3 is 19.2 Å². The zero-order chi connectivity index (χ0) is 25.4. The molecule has 1 unspecified atom stereocenters. The molecule has 1 fully saturated rings. The number of methoxy groups -OCH3 is 2. The van der Waals surface area contributed by atoms with E-state index in [0.29, 0.717) is 12.5 Å². The molecule has 1 aromatic carbocycles. The van der Waals surface area contributed by atoms with E-state index in [4.69, 9.17) is 9.47 Å². The Morgan fingerprint density at radius 3 is 2.69 bits per heavy atom. The number of aromatic nitrogens is 5. The van der Waals surface area contributed by atoms with E-state index < -0.39 is 23.7 Å². The number of carbonyl (C=O) groups is 2. The molecule has 11 heteroatoms. The molecule has 0 saturated heterocycles. The quantitative estimate of drug-likeness (QED) is 0.376. The zero-order valence-electron chi connectivity index (χ0n) is 20.1. The molecule has 36 heavy (non-hydrogen) atoms. The highest BCUT2D eigenvalue weighted by atomic mass is 19.1. The van der Waals surface area contributed by atoms with Gasteiger partial charge in [0.15, 0.2) is 17.3 Å². The summed E-state index contributed by atoms with van der Waals surface area (Å²) >= 11 is 0. The van der Waals surface area contributed by atoms with Gasteiger partial charge in [0, 0.05) is 18.0 Å². The summed E-state index contributed by atoms with van der Waals surface area (Å²) in [6.07, 6.45) is 7.98. The van der Waals surface area contributed by atoms with Crippen molar-refractivity contribution in [3.05, 3.63) is 76.8 Å². The monoisotopic (exact) mass is 492 g/mol. The molecule has 186 valence electrons. The molecule has 1 aliphatic carbocycles. The lowest BCUT2D eigenvalue weighted by atomic mass is 9.99. The molecule has 1 N–H and O–H groups in total. The van der Waals surface area contributed by atoms with Crippen LogP contribution in [0.25, 0.3) is 5.65 Å². The zero-order valence-corrected chi connectivity index (χ0v) is 20.1. The Hall–Kier alpha value is -4.28. The first-order valence-corrected chi connectivity index (χ1v) is 11.5. The molecule has 0 spiro atoms. The average Bonchev–Trinajstić information content (AvgIpc) is 3.48. The first kappa shape index (κ1) is 23.5. The molecule has 1 saturated carbocycles. The van der Waals surface area contributed by atoms with Crippen molar-refractivity contribution in [1.29, 1.82) is 0 Å². The maximum atomic E-state index is 15.0. The SMILES string of the molecule is COC(=O)c1ccc(OC)c(F)c1C(C)NC(=O)c1cn(Cc2cn3cc(C4CC4)ccc3n2)nn1. The third-order valence-corrected chi connectivity index (χ3v) is 6.22. The van der Waals surface area contributed by atoms with Crippen molar-refractivity contribution in [3.8, 4) is 5.75 Å². The van der Waals surface area contributed by atoms with Gasteiger partial charge in [0.1, 0.15) is 5.65 Å². The fourth-order valence-corrected chi connectivity index (χ4v) is 4.23. The lowest BCUT2D eigenvalue weighted by molar-refractivity contribution is 0.0596. The summed E-state index contributed by atoms with van der Waals surface area (Å²) in [7, 11) is 2.52. The van der Waals surface area contributed by atoms with Crippen molar-refractivity contribution in [1.82, 2.24) is 29.7 Å². The Morgan fingerprint density at radius 1 is 1.17 bits per heavy atom. The van der Waals surface area contributed by atoms with Crippen LogP contribution in [-0.2, 0) is 11.3 Å². The number of imidazole rings is 1. The number of halogens is 1. The van der Waals surface area contributed by atoms with E-state index in [9.17, 15) is 9.59 Å². The molecule has 1 aliphatic rings. The predicted octanol–water partition coefficient (Wildman–Crippen LogP) is 3.28. The molecule has 0 aliphatic heterocycles. The largest absolute Gasteiger partial charge is 0.494 e. The number of benzene rings is 1. The Kier molecular flexibility index (Phi) is 6.13. The van der Waals surface area contributed by atoms with Crippen molar-refractivity contribution in [3.63, 3.8) is 0 Å². The van der Waals surface area contributed by atoms with Gasteiger partial charge >= 0.3 is 5.97 Å². The predicted molar refractivity (Wildman–Crippen MR) is 126 cm³/mol. The van der Waals surface area contributed by atoms with Crippen molar-refractivity contribution >= 4 is 17.5 Å². The Morgan fingerprint density at radius 2 is 1.97 bits per heavy atom. The smallest absolute Gasteiger partial charge is 0.338 e. The minimum absolute atomic E-state index is 0.0102. The van der Waals surface area contributed by atoms with Crippen LogP contribution in [-0.4, -0.2) is 50.5 Å². The second-order valence-corrected chi connectivity index (χ2v) is 8.77. The second-order valence-electron chi connectivity index (χ2n) is 8.77. The van der Waals surface area contributed by atoms with Crippen molar-refractivity contribution in [2.75, 3.05) is 14.2 Å². The van der Waals surface area contributed by atoms with Gasteiger partial charge in [0.2, 0.25) is 0 Å². The van der Waals surface area contributed by atoms with Crippen molar-refractivity contribution < 1.29 is 23.5 Å². The van der Waals surface area contributed by atoms with Gasteiger partial charge in [0.25, 0.3) is 5.91 Å². The number of nitrogens with zero attached hydrogens (tertiary/aromatic N) is 5. The van der Waals surface area contributed by atoms with E-state index >= 15 is 4.39 Å². The lowest BCUT2D eigenvalue weighted by Gasteiger charge is -2.18. The molecule has 1 amide bonds. The number of nitrogens with one attached hydrogen (secondary N) is 1. The summed E-state index contributed by atoms with van der Waals surface area (Å²) in [6.45, 7) is 1.88. The van der Waals surface area contributed by atoms with Crippen molar-refractivity contribution in [2.24, 2.45) is 0 Å². The third-order valence-electron chi connectivity index (χ3n) is 6.22. The molecule has 3 aromatic heterocycles. The molecular formula is C25H25FN6O4. The number of esters is 1. The number of hydrogen-bond acceptors (Lipinski definition) is 7. The van der Waals surface area contributed by atoms with Gasteiger partial charge in [0.05, 0.1) is 44.3 Å². The van der Waals surface area contributed by atoms with Gasteiger partial charge in [-0.1, -0.05) is 11.3 Å². The van der Waals surface area contributed by atoms with Gasteiger partial charge in [-0.15, -0.1) is 5.10 Å². The standard InChI is InChI=1S/C25H25FN6O4/c1-14(22-18(25(34)36-3)7-8-20(35-2)23(22)26)27-24(33)19-13-32(30-29-19)12-17-11-31-10-16(15-4-5-15)6-9-21(31)28-17/h6-11,13-15H,4-5,12H2,1-3H3,(H,27,33). The second kappa shape index (κ2) is 9.40. The normalized spacial score (nSPS) is 14.0. The topological polar surface area (TPSA) is 113 Å². The number of amides is 1. The maximum absolute atomic E-state index is 15.0. The minimum atomic E-state index is -0.883. The Balaban J connectivity index is 1.31. The molecule has 0 bridgehead atoms. The highest BCUT2D eigenvalue weighted by molar-refractivity contribution is 5.94. The van der Waals surface area contributed by atoms with E-state index in [0.717, 1.165) is 11.3 Å². The Labute approximate surface area is 206 Å². The first-order chi connectivity index (χ1) is 17.4.